The molecule has 18 heavy (non-hydrogen) atoms. The zero-order chi connectivity index (χ0) is 13.2. The molecule has 0 heterocycles. The van der Waals surface area contributed by atoms with E-state index in [2.05, 4.69) is 15.9 Å². The maximum absolute atomic E-state index is 12.8. The summed E-state index contributed by atoms with van der Waals surface area (Å²) in [4.78, 5) is 0. The monoisotopic (exact) mass is 320 g/mol. The van der Waals surface area contributed by atoms with Crippen LogP contribution in [0.3, 0.4) is 0 Å². The molecule has 0 unspecified atom stereocenters. The summed E-state index contributed by atoms with van der Waals surface area (Å²) < 4.78 is 29.3. The molecule has 0 N–H and O–H groups in total. The van der Waals surface area contributed by atoms with E-state index in [1.807, 2.05) is 0 Å². The molecule has 0 radical (unpaired) electrons. The van der Waals surface area contributed by atoms with Gasteiger partial charge in [-0.3, -0.25) is 0 Å². The Balaban J connectivity index is 2.07. The quantitative estimate of drug-likeness (QED) is 0.654. The van der Waals surface area contributed by atoms with Gasteiger partial charge in [-0.05, 0) is 24.1 Å². The highest BCUT2D eigenvalue weighted by Gasteiger charge is 2.01. The molecular formula is C13H18BrFO3. The minimum Gasteiger partial charge on any atom is -0.385 e. The van der Waals surface area contributed by atoms with Crippen molar-refractivity contribution in [3.63, 3.8) is 0 Å². The fourth-order valence-corrected chi connectivity index (χ4v) is 1.81. The molecule has 102 valence electrons. The summed E-state index contributed by atoms with van der Waals surface area (Å²) >= 11 is 3.29. The van der Waals surface area contributed by atoms with Crippen molar-refractivity contribution < 1.29 is 18.6 Å². The predicted molar refractivity (Wildman–Crippen MR) is 71.1 cm³/mol. The molecule has 1 rings (SSSR count). The van der Waals surface area contributed by atoms with Crippen molar-refractivity contribution >= 4 is 15.9 Å². The zero-order valence-corrected chi connectivity index (χ0v) is 12.0. The number of rotatable bonds is 9. The average Bonchev–Trinajstić information content (AvgIpc) is 2.35. The van der Waals surface area contributed by atoms with Gasteiger partial charge in [0.05, 0.1) is 19.8 Å². The molecule has 1 aromatic carbocycles. The van der Waals surface area contributed by atoms with Crippen molar-refractivity contribution in [1.82, 2.24) is 0 Å². The van der Waals surface area contributed by atoms with Gasteiger partial charge in [0.15, 0.2) is 0 Å². The zero-order valence-electron chi connectivity index (χ0n) is 10.5. The van der Waals surface area contributed by atoms with Crippen molar-refractivity contribution in [2.45, 2.75) is 13.0 Å². The number of methoxy groups -OCH3 is 1. The first kappa shape index (κ1) is 15.6. The van der Waals surface area contributed by atoms with Crippen LogP contribution in [-0.4, -0.2) is 33.5 Å². The SMILES string of the molecule is COCCCOCCOCc1ccc(F)cc1Br. The van der Waals surface area contributed by atoms with E-state index in [0.29, 0.717) is 33.0 Å². The first-order valence-electron chi connectivity index (χ1n) is 5.82. The summed E-state index contributed by atoms with van der Waals surface area (Å²) in [5.41, 5.74) is 0.927. The number of benzene rings is 1. The van der Waals surface area contributed by atoms with E-state index < -0.39 is 0 Å². The molecule has 0 spiro atoms. The fourth-order valence-electron chi connectivity index (χ4n) is 1.35. The molecule has 0 amide bonds. The van der Waals surface area contributed by atoms with E-state index in [9.17, 15) is 4.39 Å². The minimum absolute atomic E-state index is 0.257. The van der Waals surface area contributed by atoms with E-state index in [-0.39, 0.29) is 5.82 Å². The van der Waals surface area contributed by atoms with Crippen molar-refractivity contribution in [2.75, 3.05) is 33.5 Å². The Morgan fingerprint density at radius 3 is 2.61 bits per heavy atom. The largest absolute Gasteiger partial charge is 0.385 e. The summed E-state index contributed by atoms with van der Waals surface area (Å²) in [6.45, 7) is 2.92. The Bertz CT molecular complexity index is 347. The Morgan fingerprint density at radius 2 is 1.89 bits per heavy atom. The summed E-state index contributed by atoms with van der Waals surface area (Å²) in [6, 6.07) is 4.56. The molecular weight excluding hydrogens is 303 g/mol. The smallest absolute Gasteiger partial charge is 0.124 e. The van der Waals surface area contributed by atoms with Crippen LogP contribution in [0.4, 0.5) is 4.39 Å². The Kier molecular flexibility index (Phi) is 8.17. The molecule has 0 aliphatic heterocycles. The molecule has 1 aromatic rings. The first-order chi connectivity index (χ1) is 8.74. The molecule has 0 fully saturated rings. The normalized spacial score (nSPS) is 10.8. The highest BCUT2D eigenvalue weighted by Crippen LogP contribution is 2.18. The molecule has 0 saturated heterocycles. The number of hydrogen-bond donors (Lipinski definition) is 0. The van der Waals surface area contributed by atoms with E-state index in [0.717, 1.165) is 16.5 Å². The summed E-state index contributed by atoms with van der Waals surface area (Å²) in [6.07, 6.45) is 0.889. The first-order valence-corrected chi connectivity index (χ1v) is 6.61. The van der Waals surface area contributed by atoms with Gasteiger partial charge in [-0.1, -0.05) is 22.0 Å². The standard InChI is InChI=1S/C13H18BrFO3/c1-16-5-2-6-17-7-8-18-10-11-3-4-12(15)9-13(11)14/h3-4,9H,2,5-8,10H2,1H3. The second-order valence-electron chi connectivity index (χ2n) is 3.75. The molecule has 0 aliphatic rings. The second-order valence-corrected chi connectivity index (χ2v) is 4.60. The van der Waals surface area contributed by atoms with Crippen molar-refractivity contribution in [3.8, 4) is 0 Å². The molecule has 5 heteroatoms. The van der Waals surface area contributed by atoms with Crippen LogP contribution >= 0.6 is 15.9 Å². The topological polar surface area (TPSA) is 27.7 Å². The van der Waals surface area contributed by atoms with Crippen molar-refractivity contribution in [3.05, 3.63) is 34.1 Å². The van der Waals surface area contributed by atoms with Crippen LogP contribution in [0.5, 0.6) is 0 Å². The van der Waals surface area contributed by atoms with Crippen molar-refractivity contribution in [1.29, 1.82) is 0 Å². The van der Waals surface area contributed by atoms with E-state index in [4.69, 9.17) is 14.2 Å². The third-order valence-corrected chi connectivity index (χ3v) is 3.02. The lowest BCUT2D eigenvalue weighted by Crippen LogP contribution is -2.06. The molecule has 0 bridgehead atoms. The van der Waals surface area contributed by atoms with Gasteiger partial charge in [0, 0.05) is 24.8 Å². The third kappa shape index (κ3) is 6.44. The van der Waals surface area contributed by atoms with Crippen LogP contribution in [0.1, 0.15) is 12.0 Å². The van der Waals surface area contributed by atoms with Gasteiger partial charge in [0.2, 0.25) is 0 Å². The summed E-state index contributed by atoms with van der Waals surface area (Å²) in [5.74, 6) is -0.257. The Hall–Kier alpha value is -0.490. The van der Waals surface area contributed by atoms with Crippen LogP contribution in [0.15, 0.2) is 22.7 Å². The van der Waals surface area contributed by atoms with Gasteiger partial charge < -0.3 is 14.2 Å². The van der Waals surface area contributed by atoms with Gasteiger partial charge in [-0.2, -0.15) is 0 Å². The lowest BCUT2D eigenvalue weighted by Gasteiger charge is -2.07. The molecule has 0 aliphatic carbocycles. The molecule has 0 aromatic heterocycles. The van der Waals surface area contributed by atoms with Crippen LogP contribution < -0.4 is 0 Å². The summed E-state index contributed by atoms with van der Waals surface area (Å²) in [7, 11) is 1.67. The van der Waals surface area contributed by atoms with Gasteiger partial charge in [0.25, 0.3) is 0 Å². The predicted octanol–water partition coefficient (Wildman–Crippen LogP) is 3.16. The van der Waals surface area contributed by atoms with Crippen LogP contribution in [0.2, 0.25) is 0 Å². The average molecular weight is 321 g/mol. The van der Waals surface area contributed by atoms with Gasteiger partial charge in [-0.25, -0.2) is 4.39 Å². The maximum atomic E-state index is 12.8. The van der Waals surface area contributed by atoms with Crippen LogP contribution in [-0.2, 0) is 20.8 Å². The summed E-state index contributed by atoms with van der Waals surface area (Å²) in [5, 5.41) is 0. The second kappa shape index (κ2) is 9.44. The van der Waals surface area contributed by atoms with Gasteiger partial charge in [-0.15, -0.1) is 0 Å². The van der Waals surface area contributed by atoms with Crippen LogP contribution in [0, 0.1) is 5.82 Å². The number of halogens is 2. The third-order valence-electron chi connectivity index (χ3n) is 2.28. The number of hydrogen-bond acceptors (Lipinski definition) is 3. The molecule has 0 atom stereocenters. The van der Waals surface area contributed by atoms with E-state index in [1.165, 1.54) is 12.1 Å². The van der Waals surface area contributed by atoms with Gasteiger partial charge >= 0.3 is 0 Å². The van der Waals surface area contributed by atoms with Crippen molar-refractivity contribution in [2.24, 2.45) is 0 Å². The van der Waals surface area contributed by atoms with Crippen LogP contribution in [0.25, 0.3) is 0 Å². The Morgan fingerprint density at radius 1 is 1.11 bits per heavy atom. The maximum Gasteiger partial charge on any atom is 0.124 e. The molecule has 3 nitrogen and oxygen atoms in total. The lowest BCUT2D eigenvalue weighted by atomic mass is 10.2. The van der Waals surface area contributed by atoms with E-state index in [1.54, 1.807) is 13.2 Å². The number of ether oxygens (including phenoxy) is 3. The lowest BCUT2D eigenvalue weighted by molar-refractivity contribution is 0.0335. The fraction of sp³-hybridized carbons (Fsp3) is 0.538. The highest BCUT2D eigenvalue weighted by molar-refractivity contribution is 9.10. The minimum atomic E-state index is -0.257. The Labute approximate surface area is 115 Å². The highest BCUT2D eigenvalue weighted by atomic mass is 79.9. The van der Waals surface area contributed by atoms with E-state index >= 15 is 0 Å². The molecule has 0 saturated carbocycles. The van der Waals surface area contributed by atoms with Gasteiger partial charge in [0.1, 0.15) is 5.82 Å².